The molecule has 2 nitrogen and oxygen atoms in total. The number of rotatable bonds is 4. The first-order valence-electron chi connectivity index (χ1n) is 7.16. The number of furan rings is 1. The van der Waals surface area contributed by atoms with Crippen LogP contribution in [0.2, 0.25) is 0 Å². The van der Waals surface area contributed by atoms with Gasteiger partial charge in [-0.1, -0.05) is 36.8 Å². The highest BCUT2D eigenvalue weighted by atomic mass is 19.1. The van der Waals surface area contributed by atoms with E-state index in [-0.39, 0.29) is 11.9 Å². The van der Waals surface area contributed by atoms with E-state index in [0.29, 0.717) is 5.58 Å². The lowest BCUT2D eigenvalue weighted by Gasteiger charge is -2.16. The van der Waals surface area contributed by atoms with Crippen LogP contribution in [0.3, 0.4) is 0 Å². The van der Waals surface area contributed by atoms with Gasteiger partial charge in [0, 0.05) is 5.39 Å². The Morgan fingerprint density at radius 2 is 1.86 bits per heavy atom. The highest BCUT2D eigenvalue weighted by molar-refractivity contribution is 5.78. The van der Waals surface area contributed by atoms with Gasteiger partial charge < -0.3 is 9.73 Å². The van der Waals surface area contributed by atoms with Crippen molar-refractivity contribution in [3.8, 4) is 0 Å². The number of benzene rings is 2. The van der Waals surface area contributed by atoms with E-state index in [1.807, 2.05) is 6.07 Å². The third kappa shape index (κ3) is 2.83. The van der Waals surface area contributed by atoms with Crippen molar-refractivity contribution >= 4 is 11.0 Å². The van der Waals surface area contributed by atoms with E-state index in [2.05, 4.69) is 43.4 Å². The Hall–Kier alpha value is -2.13. The minimum Gasteiger partial charge on any atom is -0.459 e. The Bertz CT molecular complexity index is 746. The summed E-state index contributed by atoms with van der Waals surface area (Å²) in [5.41, 5.74) is 3.07. The van der Waals surface area contributed by atoms with Crippen LogP contribution in [0.15, 0.2) is 52.9 Å². The van der Waals surface area contributed by atoms with Crippen LogP contribution >= 0.6 is 0 Å². The molecule has 1 atom stereocenters. The highest BCUT2D eigenvalue weighted by Crippen LogP contribution is 2.28. The number of aryl methyl sites for hydroxylation is 1. The third-order valence-electron chi connectivity index (χ3n) is 3.60. The van der Waals surface area contributed by atoms with Crippen LogP contribution in [0.5, 0.6) is 0 Å². The summed E-state index contributed by atoms with van der Waals surface area (Å²) in [5, 5.41) is 4.21. The molecule has 2 aromatic carbocycles. The molecular formula is C18H18FNO. The Kier molecular flexibility index (Phi) is 3.76. The van der Waals surface area contributed by atoms with Crippen LogP contribution in [0.25, 0.3) is 11.0 Å². The van der Waals surface area contributed by atoms with Gasteiger partial charge in [-0.15, -0.1) is 0 Å². The summed E-state index contributed by atoms with van der Waals surface area (Å²) in [6.45, 7) is 4.95. The maximum absolute atomic E-state index is 13.3. The molecule has 0 aliphatic carbocycles. The lowest BCUT2D eigenvalue weighted by atomic mass is 10.0. The molecule has 1 heterocycles. The second kappa shape index (κ2) is 5.70. The Morgan fingerprint density at radius 1 is 1.10 bits per heavy atom. The van der Waals surface area contributed by atoms with E-state index >= 15 is 0 Å². The molecule has 0 saturated carbocycles. The molecule has 0 amide bonds. The second-order valence-corrected chi connectivity index (χ2v) is 5.23. The van der Waals surface area contributed by atoms with Crippen molar-refractivity contribution in [2.75, 3.05) is 6.54 Å². The van der Waals surface area contributed by atoms with Crippen LogP contribution in [0.1, 0.15) is 29.9 Å². The quantitative estimate of drug-likeness (QED) is 0.758. The molecule has 0 bridgehead atoms. The number of nitrogens with one attached hydrogen (secondary N) is 1. The Labute approximate surface area is 123 Å². The predicted octanol–water partition coefficient (Wildman–Crippen LogP) is 4.58. The molecule has 0 saturated heterocycles. The van der Waals surface area contributed by atoms with Crippen LogP contribution in [0.4, 0.5) is 4.39 Å². The van der Waals surface area contributed by atoms with Gasteiger partial charge in [0.05, 0.1) is 6.04 Å². The Balaban J connectivity index is 2.04. The zero-order chi connectivity index (χ0) is 14.8. The molecule has 0 aliphatic rings. The van der Waals surface area contributed by atoms with Gasteiger partial charge in [-0.3, -0.25) is 0 Å². The Morgan fingerprint density at radius 3 is 2.57 bits per heavy atom. The van der Waals surface area contributed by atoms with E-state index in [9.17, 15) is 4.39 Å². The molecule has 0 aliphatic heterocycles. The molecule has 1 unspecified atom stereocenters. The summed E-state index contributed by atoms with van der Waals surface area (Å²) in [4.78, 5) is 0. The molecule has 0 fully saturated rings. The summed E-state index contributed by atoms with van der Waals surface area (Å²) in [6.07, 6.45) is 0. The molecule has 3 heteroatoms. The minimum absolute atomic E-state index is 0.0222. The van der Waals surface area contributed by atoms with Crippen LogP contribution in [-0.4, -0.2) is 6.54 Å². The first kappa shape index (κ1) is 13.8. The highest BCUT2D eigenvalue weighted by Gasteiger charge is 2.17. The van der Waals surface area contributed by atoms with Gasteiger partial charge in [-0.25, -0.2) is 4.39 Å². The lowest BCUT2D eigenvalue weighted by Crippen LogP contribution is -2.21. The fourth-order valence-corrected chi connectivity index (χ4v) is 2.52. The van der Waals surface area contributed by atoms with Gasteiger partial charge in [0.25, 0.3) is 0 Å². The van der Waals surface area contributed by atoms with Crippen LogP contribution in [-0.2, 0) is 0 Å². The summed E-state index contributed by atoms with van der Waals surface area (Å²) in [5.74, 6) is 0.562. The molecule has 3 rings (SSSR count). The van der Waals surface area contributed by atoms with E-state index in [4.69, 9.17) is 4.42 Å². The molecule has 1 N–H and O–H groups in total. The van der Waals surface area contributed by atoms with E-state index in [1.54, 1.807) is 6.07 Å². The summed E-state index contributed by atoms with van der Waals surface area (Å²) < 4.78 is 19.2. The molecule has 0 spiro atoms. The summed E-state index contributed by atoms with van der Waals surface area (Å²) >= 11 is 0. The lowest BCUT2D eigenvalue weighted by molar-refractivity contribution is 0.477. The fraction of sp³-hybridized carbons (Fsp3) is 0.222. The van der Waals surface area contributed by atoms with E-state index in [1.165, 1.54) is 17.7 Å². The zero-order valence-electron chi connectivity index (χ0n) is 12.2. The minimum atomic E-state index is -0.245. The smallest absolute Gasteiger partial charge is 0.134 e. The van der Waals surface area contributed by atoms with Crippen molar-refractivity contribution in [3.63, 3.8) is 0 Å². The number of hydrogen-bond donors (Lipinski definition) is 1. The SMILES string of the molecule is CCNC(c1ccc(C)cc1)c1cc2cc(F)ccc2o1. The average molecular weight is 283 g/mol. The second-order valence-electron chi connectivity index (χ2n) is 5.23. The monoisotopic (exact) mass is 283 g/mol. The van der Waals surface area contributed by atoms with Gasteiger partial charge in [0.2, 0.25) is 0 Å². The molecule has 1 aromatic heterocycles. The molecular weight excluding hydrogens is 265 g/mol. The zero-order valence-corrected chi connectivity index (χ0v) is 12.2. The first-order chi connectivity index (χ1) is 10.2. The number of hydrogen-bond acceptors (Lipinski definition) is 2. The summed E-state index contributed by atoms with van der Waals surface area (Å²) in [6, 6.07) is 14.8. The first-order valence-corrected chi connectivity index (χ1v) is 7.16. The third-order valence-corrected chi connectivity index (χ3v) is 3.60. The molecule has 3 aromatic rings. The number of fused-ring (bicyclic) bond motifs is 1. The van der Waals surface area contributed by atoms with Crippen molar-refractivity contribution in [3.05, 3.63) is 71.2 Å². The van der Waals surface area contributed by atoms with Crippen molar-refractivity contribution < 1.29 is 8.81 Å². The van der Waals surface area contributed by atoms with E-state index in [0.717, 1.165) is 23.3 Å². The fourth-order valence-electron chi connectivity index (χ4n) is 2.52. The van der Waals surface area contributed by atoms with Crippen LogP contribution in [0, 0.1) is 12.7 Å². The maximum atomic E-state index is 13.3. The maximum Gasteiger partial charge on any atom is 0.134 e. The number of halogens is 1. The standard InChI is InChI=1S/C18H18FNO/c1-3-20-18(13-6-4-12(2)5-7-13)17-11-14-10-15(19)8-9-16(14)21-17/h4-11,18,20H,3H2,1-2H3. The van der Waals surface area contributed by atoms with Gasteiger partial charge in [0.1, 0.15) is 17.2 Å². The largest absolute Gasteiger partial charge is 0.459 e. The van der Waals surface area contributed by atoms with Crippen LogP contribution < -0.4 is 5.32 Å². The van der Waals surface area contributed by atoms with Gasteiger partial charge in [-0.05, 0) is 43.3 Å². The molecule has 21 heavy (non-hydrogen) atoms. The van der Waals surface area contributed by atoms with Gasteiger partial charge >= 0.3 is 0 Å². The van der Waals surface area contributed by atoms with E-state index < -0.39 is 0 Å². The normalized spacial score (nSPS) is 12.7. The van der Waals surface area contributed by atoms with Gasteiger partial charge in [-0.2, -0.15) is 0 Å². The average Bonchev–Trinajstić information content (AvgIpc) is 2.88. The summed E-state index contributed by atoms with van der Waals surface area (Å²) in [7, 11) is 0. The van der Waals surface area contributed by atoms with Crippen molar-refractivity contribution in [1.82, 2.24) is 5.32 Å². The topological polar surface area (TPSA) is 25.2 Å². The van der Waals surface area contributed by atoms with Gasteiger partial charge in [0.15, 0.2) is 0 Å². The van der Waals surface area contributed by atoms with Crippen molar-refractivity contribution in [2.24, 2.45) is 0 Å². The molecule has 108 valence electrons. The molecule has 0 radical (unpaired) electrons. The predicted molar refractivity (Wildman–Crippen MR) is 82.9 cm³/mol. The van der Waals surface area contributed by atoms with Crippen molar-refractivity contribution in [2.45, 2.75) is 19.9 Å². The van der Waals surface area contributed by atoms with Crippen molar-refractivity contribution in [1.29, 1.82) is 0 Å².